The third-order valence-corrected chi connectivity index (χ3v) is 5.87. The molecule has 2 aromatic rings. The average Bonchev–Trinajstić information content (AvgIpc) is 3.15. The molecule has 0 aliphatic carbocycles. The lowest BCUT2D eigenvalue weighted by atomic mass is 9.93. The number of hydrogen-bond donors (Lipinski definition) is 1. The van der Waals surface area contributed by atoms with Gasteiger partial charge in [-0.3, -0.25) is 14.5 Å². The molecule has 0 spiro atoms. The molecular weight excluding hydrogens is 366 g/mol. The van der Waals surface area contributed by atoms with Crippen LogP contribution in [0, 0.1) is 0 Å². The molecule has 0 saturated carbocycles. The van der Waals surface area contributed by atoms with E-state index in [9.17, 15) is 14.4 Å². The van der Waals surface area contributed by atoms with Gasteiger partial charge in [0.25, 0.3) is 5.91 Å². The summed E-state index contributed by atoms with van der Waals surface area (Å²) in [6.07, 6.45) is 1.92. The van der Waals surface area contributed by atoms with Crippen molar-refractivity contribution in [2.75, 3.05) is 11.4 Å². The molecule has 29 heavy (non-hydrogen) atoms. The van der Waals surface area contributed by atoms with Crippen LogP contribution in [0.5, 0.6) is 0 Å². The average molecular weight is 391 g/mol. The van der Waals surface area contributed by atoms with Crippen LogP contribution < -0.4 is 10.2 Å². The zero-order chi connectivity index (χ0) is 20.6. The van der Waals surface area contributed by atoms with Gasteiger partial charge in [0, 0.05) is 11.7 Å². The number of benzene rings is 2. The van der Waals surface area contributed by atoms with E-state index in [-0.39, 0.29) is 24.4 Å². The fourth-order valence-electron chi connectivity index (χ4n) is 4.26. The van der Waals surface area contributed by atoms with Crippen LogP contribution in [-0.4, -0.2) is 40.9 Å². The lowest BCUT2D eigenvalue weighted by Gasteiger charge is -2.25. The highest BCUT2D eigenvalue weighted by Gasteiger charge is 2.48. The van der Waals surface area contributed by atoms with Crippen molar-refractivity contribution >= 4 is 23.5 Å². The largest absolute Gasteiger partial charge is 0.325 e. The maximum atomic E-state index is 13.0. The van der Waals surface area contributed by atoms with Gasteiger partial charge in [0.15, 0.2) is 0 Å². The lowest BCUT2D eigenvalue weighted by Crippen LogP contribution is -2.47. The van der Waals surface area contributed by atoms with Gasteiger partial charge in [0.05, 0.1) is 0 Å². The van der Waals surface area contributed by atoms with Gasteiger partial charge in [-0.25, -0.2) is 4.79 Å². The second-order valence-corrected chi connectivity index (χ2v) is 8.08. The van der Waals surface area contributed by atoms with E-state index < -0.39 is 11.6 Å². The Balaban J connectivity index is 1.46. The molecule has 2 atom stereocenters. The van der Waals surface area contributed by atoms with Crippen molar-refractivity contribution in [2.45, 2.75) is 44.7 Å². The maximum Gasteiger partial charge on any atom is 0.325 e. The SMILES string of the molecule is C[C@H]1Cc2ccccc2N1C(=O)CN1C(=O)N[C@@](C)(CCc2ccccc2)C1=O. The first-order chi connectivity index (χ1) is 13.9. The van der Waals surface area contributed by atoms with Crippen molar-refractivity contribution in [3.8, 4) is 0 Å². The normalized spacial score (nSPS) is 23.3. The summed E-state index contributed by atoms with van der Waals surface area (Å²) in [4.78, 5) is 41.3. The molecule has 0 aromatic heterocycles. The summed E-state index contributed by atoms with van der Waals surface area (Å²) in [7, 11) is 0. The van der Waals surface area contributed by atoms with Crippen LogP contribution >= 0.6 is 0 Å². The standard InChI is InChI=1S/C23H25N3O3/c1-16-14-18-10-6-7-11-19(18)26(16)20(27)15-25-21(28)23(2,24-22(25)29)13-12-17-8-4-3-5-9-17/h3-11,16H,12-15H2,1-2H3,(H,24,29)/t16-,23-/m0/s1. The van der Waals surface area contributed by atoms with Crippen LogP contribution in [-0.2, 0) is 22.4 Å². The summed E-state index contributed by atoms with van der Waals surface area (Å²) < 4.78 is 0. The van der Waals surface area contributed by atoms with Crippen molar-refractivity contribution in [2.24, 2.45) is 0 Å². The Morgan fingerprint density at radius 2 is 1.79 bits per heavy atom. The summed E-state index contributed by atoms with van der Waals surface area (Å²) in [5, 5.41) is 2.79. The van der Waals surface area contributed by atoms with Gasteiger partial charge in [0.1, 0.15) is 12.1 Å². The quantitative estimate of drug-likeness (QED) is 0.797. The van der Waals surface area contributed by atoms with Crippen molar-refractivity contribution in [3.05, 3.63) is 65.7 Å². The van der Waals surface area contributed by atoms with Gasteiger partial charge in [0.2, 0.25) is 5.91 Å². The first-order valence-corrected chi connectivity index (χ1v) is 9.97. The number of amides is 4. The van der Waals surface area contributed by atoms with Crippen LogP contribution in [0.3, 0.4) is 0 Å². The van der Waals surface area contributed by atoms with Crippen LogP contribution in [0.25, 0.3) is 0 Å². The van der Waals surface area contributed by atoms with Crippen molar-refractivity contribution in [1.29, 1.82) is 0 Å². The summed E-state index contributed by atoms with van der Waals surface area (Å²) in [5.41, 5.74) is 2.08. The molecule has 0 unspecified atom stereocenters. The molecule has 1 fully saturated rings. The summed E-state index contributed by atoms with van der Waals surface area (Å²) >= 11 is 0. The van der Waals surface area contributed by atoms with Crippen LogP contribution in [0.2, 0.25) is 0 Å². The van der Waals surface area contributed by atoms with Crippen LogP contribution in [0.4, 0.5) is 10.5 Å². The number of anilines is 1. The van der Waals surface area contributed by atoms with E-state index in [0.29, 0.717) is 12.8 Å². The number of nitrogens with one attached hydrogen (secondary N) is 1. The number of hydrogen-bond acceptors (Lipinski definition) is 3. The second kappa shape index (κ2) is 7.35. The van der Waals surface area contributed by atoms with Gasteiger partial charge in [-0.1, -0.05) is 48.5 Å². The Morgan fingerprint density at radius 3 is 2.55 bits per heavy atom. The highest BCUT2D eigenvalue weighted by atomic mass is 16.2. The molecule has 150 valence electrons. The predicted octanol–water partition coefficient (Wildman–Crippen LogP) is 2.91. The molecule has 1 N–H and O–H groups in total. The minimum atomic E-state index is -0.998. The zero-order valence-electron chi connectivity index (χ0n) is 16.7. The minimum Gasteiger partial charge on any atom is -0.323 e. The number of rotatable bonds is 5. The van der Waals surface area contributed by atoms with E-state index in [1.54, 1.807) is 11.8 Å². The Bertz CT molecular complexity index is 959. The predicted molar refractivity (Wildman–Crippen MR) is 111 cm³/mol. The number of aryl methyl sites for hydroxylation is 1. The second-order valence-electron chi connectivity index (χ2n) is 8.08. The number of imide groups is 1. The Kier molecular flexibility index (Phi) is 4.86. The fourth-order valence-corrected chi connectivity index (χ4v) is 4.26. The van der Waals surface area contributed by atoms with Gasteiger partial charge in [-0.15, -0.1) is 0 Å². The van der Waals surface area contributed by atoms with E-state index in [4.69, 9.17) is 0 Å². The molecule has 0 bridgehead atoms. The number of urea groups is 1. The first kappa shape index (κ1) is 19.2. The number of nitrogens with zero attached hydrogens (tertiary/aromatic N) is 2. The monoisotopic (exact) mass is 391 g/mol. The smallest absolute Gasteiger partial charge is 0.323 e. The maximum absolute atomic E-state index is 13.0. The van der Waals surface area contributed by atoms with Crippen molar-refractivity contribution in [3.63, 3.8) is 0 Å². The summed E-state index contributed by atoms with van der Waals surface area (Å²) in [5.74, 6) is -0.579. The van der Waals surface area contributed by atoms with Gasteiger partial charge < -0.3 is 10.2 Å². The minimum absolute atomic E-state index is 0.00475. The first-order valence-electron chi connectivity index (χ1n) is 9.97. The highest BCUT2D eigenvalue weighted by molar-refractivity contribution is 6.10. The van der Waals surface area contributed by atoms with Gasteiger partial charge in [-0.05, 0) is 50.3 Å². The Labute approximate surface area is 170 Å². The topological polar surface area (TPSA) is 69.7 Å². The van der Waals surface area contributed by atoms with E-state index in [0.717, 1.165) is 28.1 Å². The Morgan fingerprint density at radius 1 is 1.10 bits per heavy atom. The van der Waals surface area contributed by atoms with Crippen molar-refractivity contribution < 1.29 is 14.4 Å². The zero-order valence-corrected chi connectivity index (χ0v) is 16.7. The van der Waals surface area contributed by atoms with E-state index in [2.05, 4.69) is 5.32 Å². The highest BCUT2D eigenvalue weighted by Crippen LogP contribution is 2.32. The molecule has 4 rings (SSSR count). The molecule has 6 nitrogen and oxygen atoms in total. The van der Waals surface area contributed by atoms with Gasteiger partial charge in [-0.2, -0.15) is 0 Å². The molecular formula is C23H25N3O3. The third-order valence-electron chi connectivity index (χ3n) is 5.87. The molecule has 2 aromatic carbocycles. The van der Waals surface area contributed by atoms with Crippen LogP contribution in [0.1, 0.15) is 31.4 Å². The summed E-state index contributed by atoms with van der Waals surface area (Å²) in [6, 6.07) is 17.1. The van der Waals surface area contributed by atoms with Crippen molar-refractivity contribution in [1.82, 2.24) is 10.2 Å². The molecule has 2 aliphatic heterocycles. The van der Waals surface area contributed by atoms with Crippen LogP contribution in [0.15, 0.2) is 54.6 Å². The molecule has 4 amide bonds. The molecule has 1 saturated heterocycles. The van der Waals surface area contributed by atoms with E-state index >= 15 is 0 Å². The molecule has 2 heterocycles. The fraction of sp³-hybridized carbons (Fsp3) is 0.348. The molecule has 2 aliphatic rings. The molecule has 0 radical (unpaired) electrons. The molecule has 6 heteroatoms. The summed E-state index contributed by atoms with van der Waals surface area (Å²) in [6.45, 7) is 3.46. The number of para-hydroxylation sites is 1. The lowest BCUT2D eigenvalue weighted by molar-refractivity contribution is -0.134. The van der Waals surface area contributed by atoms with E-state index in [1.807, 2.05) is 61.5 Å². The van der Waals surface area contributed by atoms with E-state index in [1.165, 1.54) is 0 Å². The van der Waals surface area contributed by atoms with Gasteiger partial charge >= 0.3 is 6.03 Å². The number of fused-ring (bicyclic) bond motifs is 1. The third kappa shape index (κ3) is 3.50. The Hall–Kier alpha value is -3.15. The number of carbonyl (C=O) groups excluding carboxylic acids is 3. The number of carbonyl (C=O) groups is 3.